The first-order valence-corrected chi connectivity index (χ1v) is 8.76. The number of benzene rings is 1. The van der Waals surface area contributed by atoms with Crippen LogP contribution in [0.5, 0.6) is 0 Å². The van der Waals surface area contributed by atoms with Crippen LogP contribution in [0.2, 0.25) is 0 Å². The van der Waals surface area contributed by atoms with Crippen molar-refractivity contribution in [2.75, 3.05) is 19.8 Å². The molecule has 0 radical (unpaired) electrons. The van der Waals surface area contributed by atoms with Gasteiger partial charge in [0, 0.05) is 19.8 Å². The van der Waals surface area contributed by atoms with Crippen molar-refractivity contribution in [1.29, 1.82) is 0 Å². The fourth-order valence-electron chi connectivity index (χ4n) is 2.56. The monoisotopic (exact) mass is 278 g/mol. The first kappa shape index (κ1) is 14.5. The first-order valence-electron chi connectivity index (χ1n) is 6.96. The molecule has 0 aliphatic heterocycles. The van der Waals surface area contributed by atoms with Crippen molar-refractivity contribution < 1.29 is 13.3 Å². The van der Waals surface area contributed by atoms with Gasteiger partial charge in [-0.2, -0.15) is 0 Å². The molecule has 1 aliphatic rings. The standard InChI is InChI=1S/C15H22O3Si/c1-4-16-19(17-5-2,18-6-3)15-12-11-13-9-7-8-10-14(13)15/h7-12,15H,4-6H2,1-3H3. The molecule has 0 bridgehead atoms. The van der Waals surface area contributed by atoms with Crippen molar-refractivity contribution in [3.63, 3.8) is 0 Å². The van der Waals surface area contributed by atoms with E-state index in [1.165, 1.54) is 11.1 Å². The van der Waals surface area contributed by atoms with Crippen molar-refractivity contribution in [1.82, 2.24) is 0 Å². The number of fused-ring (bicyclic) bond motifs is 1. The second-order valence-corrected chi connectivity index (χ2v) is 7.06. The van der Waals surface area contributed by atoms with Gasteiger partial charge < -0.3 is 13.3 Å². The van der Waals surface area contributed by atoms with E-state index in [1.54, 1.807) is 0 Å². The van der Waals surface area contributed by atoms with Crippen LogP contribution in [0.25, 0.3) is 6.08 Å². The summed E-state index contributed by atoms with van der Waals surface area (Å²) in [6, 6.07) is 8.37. The topological polar surface area (TPSA) is 27.7 Å². The number of allylic oxidation sites excluding steroid dienone is 1. The van der Waals surface area contributed by atoms with Gasteiger partial charge in [0.05, 0.1) is 5.54 Å². The maximum Gasteiger partial charge on any atom is 0.512 e. The molecule has 0 spiro atoms. The quantitative estimate of drug-likeness (QED) is 0.716. The highest BCUT2D eigenvalue weighted by atomic mass is 28.4. The smallest absolute Gasteiger partial charge is 0.373 e. The third-order valence-electron chi connectivity index (χ3n) is 3.22. The Labute approximate surface area is 116 Å². The third-order valence-corrected chi connectivity index (χ3v) is 6.56. The van der Waals surface area contributed by atoms with Gasteiger partial charge in [-0.3, -0.25) is 0 Å². The van der Waals surface area contributed by atoms with Gasteiger partial charge in [-0.05, 0) is 31.9 Å². The van der Waals surface area contributed by atoms with E-state index in [2.05, 4.69) is 36.4 Å². The van der Waals surface area contributed by atoms with Gasteiger partial charge in [-0.1, -0.05) is 36.4 Å². The Bertz CT molecular complexity index is 428. The molecule has 1 unspecified atom stereocenters. The van der Waals surface area contributed by atoms with Crippen LogP contribution in [0.4, 0.5) is 0 Å². The lowest BCUT2D eigenvalue weighted by molar-refractivity contribution is 0.0662. The zero-order chi connectivity index (χ0) is 13.7. The fraction of sp³-hybridized carbons (Fsp3) is 0.467. The second kappa shape index (κ2) is 6.48. The average Bonchev–Trinajstić information content (AvgIpc) is 2.84. The summed E-state index contributed by atoms with van der Waals surface area (Å²) in [5.41, 5.74) is 2.61. The number of hydrogen-bond acceptors (Lipinski definition) is 3. The van der Waals surface area contributed by atoms with E-state index in [4.69, 9.17) is 13.3 Å². The van der Waals surface area contributed by atoms with Gasteiger partial charge in [-0.25, -0.2) is 0 Å². The van der Waals surface area contributed by atoms with Crippen molar-refractivity contribution in [2.45, 2.75) is 26.3 Å². The Morgan fingerprint density at radius 2 is 1.53 bits per heavy atom. The molecule has 0 saturated heterocycles. The zero-order valence-corrected chi connectivity index (χ0v) is 12.9. The summed E-state index contributed by atoms with van der Waals surface area (Å²) in [6.45, 7) is 7.80. The van der Waals surface area contributed by atoms with Crippen molar-refractivity contribution >= 4 is 14.9 Å². The van der Waals surface area contributed by atoms with Crippen LogP contribution >= 0.6 is 0 Å². The summed E-state index contributed by atoms with van der Waals surface area (Å²) >= 11 is 0. The Balaban J connectivity index is 2.36. The van der Waals surface area contributed by atoms with E-state index in [0.717, 1.165) is 0 Å². The molecule has 0 fully saturated rings. The predicted octanol–water partition coefficient (Wildman–Crippen LogP) is 3.38. The molecule has 2 rings (SSSR count). The van der Waals surface area contributed by atoms with Gasteiger partial charge in [0.1, 0.15) is 0 Å². The van der Waals surface area contributed by atoms with Crippen molar-refractivity contribution in [3.05, 3.63) is 41.5 Å². The summed E-state index contributed by atoms with van der Waals surface area (Å²) in [4.78, 5) is 0. The van der Waals surface area contributed by atoms with Gasteiger partial charge in [0.15, 0.2) is 0 Å². The highest BCUT2D eigenvalue weighted by molar-refractivity contribution is 6.63. The predicted molar refractivity (Wildman–Crippen MR) is 78.8 cm³/mol. The van der Waals surface area contributed by atoms with Gasteiger partial charge in [-0.15, -0.1) is 0 Å². The fourth-order valence-corrected chi connectivity index (χ4v) is 5.53. The van der Waals surface area contributed by atoms with Gasteiger partial charge in [0.25, 0.3) is 0 Å². The molecule has 1 aromatic rings. The van der Waals surface area contributed by atoms with Crippen molar-refractivity contribution in [3.8, 4) is 0 Å². The minimum atomic E-state index is -2.70. The van der Waals surface area contributed by atoms with E-state index in [1.807, 2.05) is 20.8 Å². The summed E-state index contributed by atoms with van der Waals surface area (Å²) < 4.78 is 18.0. The number of hydrogen-bond donors (Lipinski definition) is 0. The van der Waals surface area contributed by atoms with E-state index >= 15 is 0 Å². The van der Waals surface area contributed by atoms with Crippen LogP contribution in [-0.4, -0.2) is 28.6 Å². The third kappa shape index (κ3) is 2.82. The molecule has 0 heterocycles. The lowest BCUT2D eigenvalue weighted by Gasteiger charge is -2.33. The lowest BCUT2D eigenvalue weighted by atomic mass is 10.1. The van der Waals surface area contributed by atoms with Crippen LogP contribution in [0.15, 0.2) is 30.3 Å². The van der Waals surface area contributed by atoms with E-state index in [9.17, 15) is 0 Å². The average molecular weight is 278 g/mol. The molecular weight excluding hydrogens is 256 g/mol. The SMILES string of the molecule is CCO[Si](OCC)(OCC)C1C=Cc2ccccc21. The van der Waals surface area contributed by atoms with Crippen LogP contribution in [0.1, 0.15) is 37.4 Å². The molecule has 4 heteroatoms. The zero-order valence-electron chi connectivity index (χ0n) is 11.9. The van der Waals surface area contributed by atoms with Crippen LogP contribution in [0, 0.1) is 0 Å². The summed E-state index contributed by atoms with van der Waals surface area (Å²) in [5, 5.41) is 0. The highest BCUT2D eigenvalue weighted by Gasteiger charge is 2.50. The molecule has 1 aliphatic carbocycles. The summed E-state index contributed by atoms with van der Waals surface area (Å²) in [7, 11) is -2.70. The van der Waals surface area contributed by atoms with E-state index in [0.29, 0.717) is 19.8 Å². The van der Waals surface area contributed by atoms with Gasteiger partial charge in [0.2, 0.25) is 0 Å². The van der Waals surface area contributed by atoms with Crippen molar-refractivity contribution in [2.24, 2.45) is 0 Å². The van der Waals surface area contributed by atoms with Crippen LogP contribution in [0.3, 0.4) is 0 Å². The molecule has 1 atom stereocenters. The maximum absolute atomic E-state index is 5.99. The Morgan fingerprint density at radius 3 is 2.11 bits per heavy atom. The van der Waals surface area contributed by atoms with Crippen LogP contribution < -0.4 is 0 Å². The number of rotatable bonds is 7. The molecule has 3 nitrogen and oxygen atoms in total. The molecule has 104 valence electrons. The van der Waals surface area contributed by atoms with Crippen LogP contribution in [-0.2, 0) is 13.3 Å². The summed E-state index contributed by atoms with van der Waals surface area (Å²) in [5.74, 6) is 0. The summed E-state index contributed by atoms with van der Waals surface area (Å²) in [6.07, 6.45) is 4.30. The first-order chi connectivity index (χ1) is 9.27. The largest absolute Gasteiger partial charge is 0.512 e. The molecule has 0 aromatic heterocycles. The Morgan fingerprint density at radius 1 is 0.947 bits per heavy atom. The Hall–Kier alpha value is -0.943. The molecule has 19 heavy (non-hydrogen) atoms. The second-order valence-electron chi connectivity index (χ2n) is 4.37. The Kier molecular flexibility index (Phi) is 4.93. The van der Waals surface area contributed by atoms with Gasteiger partial charge >= 0.3 is 8.80 Å². The minimum absolute atomic E-state index is 0.114. The molecule has 0 N–H and O–H groups in total. The highest BCUT2D eigenvalue weighted by Crippen LogP contribution is 2.38. The van der Waals surface area contributed by atoms with E-state index < -0.39 is 8.80 Å². The molecular formula is C15H22O3Si. The minimum Gasteiger partial charge on any atom is -0.373 e. The van der Waals surface area contributed by atoms with E-state index in [-0.39, 0.29) is 5.54 Å². The molecule has 0 saturated carbocycles. The maximum atomic E-state index is 5.99. The lowest BCUT2D eigenvalue weighted by Crippen LogP contribution is -2.51. The molecule has 0 amide bonds. The molecule has 1 aromatic carbocycles. The normalized spacial score (nSPS) is 17.7.